The van der Waals surface area contributed by atoms with Crippen LogP contribution in [-0.2, 0) is 6.54 Å². The maximum Gasteiger partial charge on any atom is 0.0271 e. The third kappa shape index (κ3) is 3.18. The summed E-state index contributed by atoms with van der Waals surface area (Å²) < 4.78 is 0. The van der Waals surface area contributed by atoms with E-state index in [4.69, 9.17) is 0 Å². The Kier molecular flexibility index (Phi) is 4.32. The molecule has 2 nitrogen and oxygen atoms in total. The van der Waals surface area contributed by atoms with Crippen LogP contribution in [0.1, 0.15) is 37.8 Å². The van der Waals surface area contributed by atoms with Crippen LogP contribution in [0.25, 0.3) is 0 Å². The number of benzene rings is 1. The van der Waals surface area contributed by atoms with E-state index in [1.807, 2.05) is 0 Å². The van der Waals surface area contributed by atoms with E-state index in [1.54, 1.807) is 0 Å². The molecule has 2 unspecified atom stereocenters. The predicted molar refractivity (Wildman–Crippen MR) is 82.3 cm³/mol. The fourth-order valence-electron chi connectivity index (χ4n) is 3.64. The molecule has 2 heteroatoms. The summed E-state index contributed by atoms with van der Waals surface area (Å²) in [5, 5.41) is 3.54. The Bertz CT molecular complexity index is 425. The van der Waals surface area contributed by atoms with Gasteiger partial charge in [-0.05, 0) is 44.8 Å². The molecular weight excluding hydrogens is 232 g/mol. The number of aryl methyl sites for hydroxylation is 1. The predicted octanol–water partition coefficient (Wildman–Crippen LogP) is 3.20. The summed E-state index contributed by atoms with van der Waals surface area (Å²) >= 11 is 0. The van der Waals surface area contributed by atoms with Crippen molar-refractivity contribution < 1.29 is 0 Å². The summed E-state index contributed by atoms with van der Waals surface area (Å²) in [7, 11) is 4.37. The highest BCUT2D eigenvalue weighted by atomic mass is 15.2. The van der Waals surface area contributed by atoms with Crippen LogP contribution in [0.2, 0.25) is 0 Å². The van der Waals surface area contributed by atoms with Gasteiger partial charge in [-0.1, -0.05) is 43.7 Å². The van der Waals surface area contributed by atoms with Crippen molar-refractivity contribution in [1.82, 2.24) is 10.2 Å². The molecule has 1 aromatic rings. The molecular formula is C17H28N2. The molecule has 1 N–H and O–H groups in total. The first-order chi connectivity index (χ1) is 8.94. The van der Waals surface area contributed by atoms with E-state index in [9.17, 15) is 0 Å². The molecule has 1 fully saturated rings. The first kappa shape index (κ1) is 14.5. The second-order valence-electron chi connectivity index (χ2n) is 6.77. The molecule has 19 heavy (non-hydrogen) atoms. The van der Waals surface area contributed by atoms with Crippen LogP contribution in [0.4, 0.5) is 0 Å². The lowest BCUT2D eigenvalue weighted by Crippen LogP contribution is -2.49. The second-order valence-corrected chi connectivity index (χ2v) is 6.77. The first-order valence-electron chi connectivity index (χ1n) is 7.37. The smallest absolute Gasteiger partial charge is 0.0271 e. The Morgan fingerprint density at radius 3 is 2.74 bits per heavy atom. The highest BCUT2D eigenvalue weighted by Crippen LogP contribution is 2.39. The molecule has 0 spiro atoms. The number of rotatable bonds is 4. The number of likely N-dealkylation sites (N-methyl/N-ethyl adjacent to an activating group) is 2. The average Bonchev–Trinajstić information content (AvgIpc) is 2.64. The van der Waals surface area contributed by atoms with Gasteiger partial charge in [0.15, 0.2) is 0 Å². The molecule has 0 aliphatic heterocycles. The van der Waals surface area contributed by atoms with Crippen LogP contribution < -0.4 is 5.32 Å². The zero-order valence-corrected chi connectivity index (χ0v) is 13.0. The van der Waals surface area contributed by atoms with E-state index in [1.165, 1.54) is 24.0 Å². The topological polar surface area (TPSA) is 15.3 Å². The summed E-state index contributed by atoms with van der Waals surface area (Å²) in [5.41, 5.74) is 3.17. The number of hydrogen-bond acceptors (Lipinski definition) is 2. The Morgan fingerprint density at radius 2 is 2.11 bits per heavy atom. The third-order valence-electron chi connectivity index (χ3n) is 4.70. The molecule has 1 aromatic carbocycles. The summed E-state index contributed by atoms with van der Waals surface area (Å²) in [5.74, 6) is 0. The van der Waals surface area contributed by atoms with Gasteiger partial charge in [-0.15, -0.1) is 0 Å². The molecule has 1 saturated carbocycles. The van der Waals surface area contributed by atoms with Crippen LogP contribution in [0.15, 0.2) is 24.3 Å². The molecule has 2 atom stereocenters. The minimum Gasteiger partial charge on any atom is -0.315 e. The normalized spacial score (nSPS) is 26.0. The first-order valence-corrected chi connectivity index (χ1v) is 7.37. The van der Waals surface area contributed by atoms with Gasteiger partial charge in [-0.25, -0.2) is 0 Å². The SMILES string of the molecule is CNC1C(N(C)Cc2cccc(C)c2)CCC1(C)C. The summed E-state index contributed by atoms with van der Waals surface area (Å²) in [6.07, 6.45) is 2.60. The molecule has 1 aliphatic rings. The van der Waals surface area contributed by atoms with Crippen molar-refractivity contribution in [3.8, 4) is 0 Å². The van der Waals surface area contributed by atoms with Crippen molar-refractivity contribution in [2.24, 2.45) is 5.41 Å². The number of hydrogen-bond donors (Lipinski definition) is 1. The Morgan fingerprint density at radius 1 is 1.37 bits per heavy atom. The Labute approximate surface area is 118 Å². The Balaban J connectivity index is 2.06. The van der Waals surface area contributed by atoms with Gasteiger partial charge in [-0.3, -0.25) is 4.90 Å². The van der Waals surface area contributed by atoms with Crippen molar-refractivity contribution in [2.45, 2.75) is 52.2 Å². The second kappa shape index (κ2) is 5.64. The Hall–Kier alpha value is -0.860. The van der Waals surface area contributed by atoms with E-state index in [-0.39, 0.29) is 0 Å². The van der Waals surface area contributed by atoms with E-state index in [2.05, 4.69) is 69.3 Å². The summed E-state index contributed by atoms with van der Waals surface area (Å²) in [6, 6.07) is 10.1. The lowest BCUT2D eigenvalue weighted by atomic mass is 9.86. The molecule has 0 saturated heterocycles. The van der Waals surface area contributed by atoms with Crippen LogP contribution in [0, 0.1) is 12.3 Å². The molecule has 1 aliphatic carbocycles. The summed E-state index contributed by atoms with van der Waals surface area (Å²) in [6.45, 7) is 7.97. The largest absolute Gasteiger partial charge is 0.315 e. The number of nitrogens with one attached hydrogen (secondary N) is 1. The van der Waals surface area contributed by atoms with Gasteiger partial charge in [0.25, 0.3) is 0 Å². The van der Waals surface area contributed by atoms with Gasteiger partial charge >= 0.3 is 0 Å². The maximum absolute atomic E-state index is 3.54. The van der Waals surface area contributed by atoms with E-state index < -0.39 is 0 Å². The zero-order valence-electron chi connectivity index (χ0n) is 13.0. The molecule has 0 bridgehead atoms. The van der Waals surface area contributed by atoms with Gasteiger partial charge in [0.1, 0.15) is 0 Å². The zero-order chi connectivity index (χ0) is 14.0. The van der Waals surface area contributed by atoms with Crippen molar-refractivity contribution in [2.75, 3.05) is 14.1 Å². The molecule has 0 aromatic heterocycles. The molecule has 106 valence electrons. The van der Waals surface area contributed by atoms with E-state index in [0.29, 0.717) is 17.5 Å². The minimum atomic E-state index is 0.403. The van der Waals surface area contributed by atoms with Gasteiger partial charge in [0, 0.05) is 18.6 Å². The monoisotopic (exact) mass is 260 g/mol. The highest BCUT2D eigenvalue weighted by molar-refractivity contribution is 5.22. The fraction of sp³-hybridized carbons (Fsp3) is 0.647. The fourth-order valence-corrected chi connectivity index (χ4v) is 3.64. The molecule has 2 rings (SSSR count). The average molecular weight is 260 g/mol. The van der Waals surface area contributed by atoms with Gasteiger partial charge in [0.2, 0.25) is 0 Å². The van der Waals surface area contributed by atoms with Crippen LogP contribution in [0.5, 0.6) is 0 Å². The molecule has 0 amide bonds. The van der Waals surface area contributed by atoms with Gasteiger partial charge in [-0.2, -0.15) is 0 Å². The quantitative estimate of drug-likeness (QED) is 0.894. The highest BCUT2D eigenvalue weighted by Gasteiger charge is 2.42. The van der Waals surface area contributed by atoms with E-state index >= 15 is 0 Å². The van der Waals surface area contributed by atoms with Crippen LogP contribution in [0.3, 0.4) is 0 Å². The van der Waals surface area contributed by atoms with Crippen molar-refractivity contribution >= 4 is 0 Å². The van der Waals surface area contributed by atoms with Crippen LogP contribution >= 0.6 is 0 Å². The lowest BCUT2D eigenvalue weighted by molar-refractivity contribution is 0.171. The summed E-state index contributed by atoms with van der Waals surface area (Å²) in [4.78, 5) is 2.52. The van der Waals surface area contributed by atoms with E-state index in [0.717, 1.165) is 6.54 Å². The molecule has 0 radical (unpaired) electrons. The standard InChI is InChI=1S/C17H28N2/c1-13-7-6-8-14(11-13)12-19(5)15-9-10-17(2,3)16(15)18-4/h6-8,11,15-16,18H,9-10,12H2,1-5H3. The third-order valence-corrected chi connectivity index (χ3v) is 4.70. The molecule has 0 heterocycles. The minimum absolute atomic E-state index is 0.403. The van der Waals surface area contributed by atoms with Crippen molar-refractivity contribution in [3.63, 3.8) is 0 Å². The van der Waals surface area contributed by atoms with Gasteiger partial charge in [0.05, 0.1) is 0 Å². The number of nitrogens with zero attached hydrogens (tertiary/aromatic N) is 1. The van der Waals surface area contributed by atoms with Crippen molar-refractivity contribution in [3.05, 3.63) is 35.4 Å². The lowest BCUT2D eigenvalue weighted by Gasteiger charge is -2.35. The van der Waals surface area contributed by atoms with Gasteiger partial charge < -0.3 is 5.32 Å². The van der Waals surface area contributed by atoms with Crippen molar-refractivity contribution in [1.29, 1.82) is 0 Å². The van der Waals surface area contributed by atoms with Crippen LogP contribution in [-0.4, -0.2) is 31.1 Å². The maximum atomic E-state index is 3.54.